The Morgan fingerprint density at radius 1 is 0.481 bits per heavy atom. The van der Waals surface area contributed by atoms with Gasteiger partial charge in [0.15, 0.2) is 0 Å². The van der Waals surface area contributed by atoms with Crippen LogP contribution < -0.4 is 4.90 Å². The Kier molecular flexibility index (Phi) is 7.08. The van der Waals surface area contributed by atoms with Crippen LogP contribution >= 0.6 is 11.3 Å². The molecule has 2 aliphatic rings. The predicted octanol–water partition coefficient (Wildman–Crippen LogP) is 15.1. The molecule has 0 amide bonds. The molecule has 0 unspecified atom stereocenters. The predicted molar refractivity (Wildman–Crippen MR) is 233 cm³/mol. The van der Waals surface area contributed by atoms with E-state index in [1.54, 1.807) is 0 Å². The van der Waals surface area contributed by atoms with Crippen molar-refractivity contribution in [3.8, 4) is 33.4 Å². The number of benzene rings is 7. The van der Waals surface area contributed by atoms with Gasteiger partial charge in [-0.15, -0.1) is 11.3 Å². The number of hydrogen-bond donors (Lipinski definition) is 0. The van der Waals surface area contributed by atoms with Crippen LogP contribution in [0.15, 0.2) is 146 Å². The third-order valence-electron chi connectivity index (χ3n) is 12.3. The highest BCUT2D eigenvalue weighted by atomic mass is 32.1. The van der Waals surface area contributed by atoms with Crippen LogP contribution in [-0.4, -0.2) is 0 Å². The molecule has 0 aliphatic heterocycles. The molecule has 0 saturated carbocycles. The molecule has 0 radical (unpaired) electrons. The minimum absolute atomic E-state index is 0.0966. The van der Waals surface area contributed by atoms with Crippen molar-refractivity contribution in [2.45, 2.75) is 64.7 Å². The smallest absolute Gasteiger partial charge is 0.0556 e. The van der Waals surface area contributed by atoms with Crippen LogP contribution in [-0.2, 0) is 16.2 Å². The highest BCUT2D eigenvalue weighted by Crippen LogP contribution is 2.65. The first-order valence-corrected chi connectivity index (χ1v) is 20.1. The molecule has 0 fully saturated rings. The van der Waals surface area contributed by atoms with Crippen molar-refractivity contribution in [1.82, 2.24) is 0 Å². The molecular formula is C52H45NS. The van der Waals surface area contributed by atoms with E-state index in [4.69, 9.17) is 0 Å². The summed E-state index contributed by atoms with van der Waals surface area (Å²) in [5.74, 6) is 0. The van der Waals surface area contributed by atoms with Crippen molar-refractivity contribution >= 4 is 48.6 Å². The number of rotatable bonds is 4. The van der Waals surface area contributed by atoms with E-state index in [1.165, 1.54) is 98.4 Å². The second-order valence-corrected chi connectivity index (χ2v) is 18.4. The lowest BCUT2D eigenvalue weighted by Gasteiger charge is -2.39. The molecule has 54 heavy (non-hydrogen) atoms. The minimum atomic E-state index is -0.231. The summed E-state index contributed by atoms with van der Waals surface area (Å²) in [4.78, 5) is 2.59. The van der Waals surface area contributed by atoms with E-state index < -0.39 is 0 Å². The van der Waals surface area contributed by atoms with Gasteiger partial charge in [0, 0.05) is 42.4 Å². The summed E-state index contributed by atoms with van der Waals surface area (Å²) in [7, 11) is 0. The quantitative estimate of drug-likeness (QED) is 0.175. The second-order valence-electron chi connectivity index (χ2n) is 17.3. The number of nitrogens with zero attached hydrogens (tertiary/aromatic N) is 1. The molecule has 1 nitrogen and oxygen atoms in total. The van der Waals surface area contributed by atoms with Crippen LogP contribution in [0.3, 0.4) is 0 Å². The van der Waals surface area contributed by atoms with Gasteiger partial charge in [0.2, 0.25) is 0 Å². The first kappa shape index (κ1) is 33.2. The molecule has 0 N–H and O–H groups in total. The van der Waals surface area contributed by atoms with E-state index >= 15 is 0 Å². The maximum Gasteiger partial charge on any atom is 0.0556 e. The van der Waals surface area contributed by atoms with Crippen molar-refractivity contribution in [3.05, 3.63) is 173 Å². The number of hydrogen-bond acceptors (Lipinski definition) is 2. The number of thiophene rings is 1. The van der Waals surface area contributed by atoms with Crippen LogP contribution in [0.2, 0.25) is 0 Å². The van der Waals surface area contributed by atoms with Gasteiger partial charge in [0.25, 0.3) is 0 Å². The van der Waals surface area contributed by atoms with Gasteiger partial charge in [-0.2, -0.15) is 0 Å². The summed E-state index contributed by atoms with van der Waals surface area (Å²) in [6.45, 7) is 17.0. The van der Waals surface area contributed by atoms with Crippen LogP contribution in [0, 0.1) is 0 Å². The number of para-hydroxylation sites is 1. The highest BCUT2D eigenvalue weighted by Gasteiger charge is 2.50. The summed E-state index contributed by atoms with van der Waals surface area (Å²) in [6.07, 6.45) is 0. The Labute approximate surface area is 323 Å². The fourth-order valence-electron chi connectivity index (χ4n) is 9.98. The average Bonchev–Trinajstić information content (AvgIpc) is 3.75. The Hall–Kier alpha value is -5.44. The van der Waals surface area contributed by atoms with Crippen LogP contribution in [0.25, 0.3) is 53.6 Å². The van der Waals surface area contributed by atoms with Gasteiger partial charge < -0.3 is 4.90 Å². The van der Waals surface area contributed by atoms with Gasteiger partial charge in [-0.1, -0.05) is 164 Å². The van der Waals surface area contributed by atoms with Crippen molar-refractivity contribution in [2.24, 2.45) is 0 Å². The van der Waals surface area contributed by atoms with Crippen LogP contribution in [0.5, 0.6) is 0 Å². The zero-order valence-electron chi connectivity index (χ0n) is 32.2. The monoisotopic (exact) mass is 715 g/mol. The standard InChI is InChI=1S/C52H45NS/c1-50(2,3)45-43-38-21-11-14-25-40(38)51(4,5)46(43)48(47-44(45)39-22-12-15-26-41(39)52(47,6)7)53(33-18-9-8-10-19-33)34-30-28-32(29-31-34)35-23-17-24-37-36-20-13-16-27-42(36)54-49(35)37/h8-31H,1-7H3. The third-order valence-corrected chi connectivity index (χ3v) is 13.5. The molecule has 2 heteroatoms. The van der Waals surface area contributed by atoms with Crippen molar-refractivity contribution < 1.29 is 0 Å². The molecule has 8 aromatic rings. The van der Waals surface area contributed by atoms with Crippen molar-refractivity contribution in [3.63, 3.8) is 0 Å². The first-order valence-electron chi connectivity index (χ1n) is 19.3. The molecule has 1 heterocycles. The van der Waals surface area contributed by atoms with E-state index in [-0.39, 0.29) is 16.2 Å². The van der Waals surface area contributed by atoms with Gasteiger partial charge in [0.05, 0.1) is 5.69 Å². The van der Waals surface area contributed by atoms with Crippen LogP contribution in [0.1, 0.15) is 76.3 Å². The highest BCUT2D eigenvalue weighted by molar-refractivity contribution is 7.26. The van der Waals surface area contributed by atoms with Gasteiger partial charge in [0.1, 0.15) is 0 Å². The molecule has 0 spiro atoms. The molecule has 2 aliphatic carbocycles. The fourth-order valence-corrected chi connectivity index (χ4v) is 11.2. The Balaban J connectivity index is 1.29. The van der Waals surface area contributed by atoms with Gasteiger partial charge >= 0.3 is 0 Å². The summed E-state index contributed by atoms with van der Waals surface area (Å²) < 4.78 is 2.68. The Morgan fingerprint density at radius 3 is 1.59 bits per heavy atom. The molecule has 0 atom stereocenters. The van der Waals surface area contributed by atoms with Gasteiger partial charge in [-0.3, -0.25) is 0 Å². The lowest BCUT2D eigenvalue weighted by atomic mass is 9.71. The molecule has 0 bridgehead atoms. The minimum Gasteiger partial charge on any atom is -0.310 e. The van der Waals surface area contributed by atoms with E-state index in [9.17, 15) is 0 Å². The van der Waals surface area contributed by atoms with Gasteiger partial charge in [-0.05, 0) is 96.9 Å². The summed E-state index contributed by atoms with van der Waals surface area (Å²) in [6, 6.07) is 54.4. The lowest BCUT2D eigenvalue weighted by Crippen LogP contribution is -2.27. The van der Waals surface area contributed by atoms with Crippen LogP contribution in [0.4, 0.5) is 17.1 Å². The Bertz CT molecular complexity index is 2710. The molecule has 10 rings (SSSR count). The topological polar surface area (TPSA) is 3.24 Å². The normalized spacial score (nSPS) is 14.9. The second kappa shape index (κ2) is 11.5. The van der Waals surface area contributed by atoms with Crippen molar-refractivity contribution in [1.29, 1.82) is 0 Å². The zero-order valence-corrected chi connectivity index (χ0v) is 33.0. The number of fused-ring (bicyclic) bond motifs is 9. The maximum atomic E-state index is 2.59. The summed E-state index contributed by atoms with van der Waals surface area (Å²) in [5.41, 5.74) is 18.3. The zero-order chi connectivity index (χ0) is 37.1. The molecule has 1 aromatic heterocycles. The molecule has 0 saturated heterocycles. The molecule has 264 valence electrons. The molecule has 7 aromatic carbocycles. The number of anilines is 3. The van der Waals surface area contributed by atoms with E-state index in [1.807, 2.05) is 11.3 Å². The first-order chi connectivity index (χ1) is 26.0. The SMILES string of the molecule is CC(C)(C)c1c2c(c(N(c3ccccc3)c3ccc(-c4cccc5c4sc4ccccc45)cc3)c3c1-c1ccccc1C3(C)C)C(C)(C)c1ccccc1-2. The van der Waals surface area contributed by atoms with E-state index in [0.717, 1.165) is 0 Å². The maximum absolute atomic E-state index is 2.59. The largest absolute Gasteiger partial charge is 0.310 e. The third kappa shape index (κ3) is 4.56. The average molecular weight is 716 g/mol. The van der Waals surface area contributed by atoms with Crippen molar-refractivity contribution in [2.75, 3.05) is 4.90 Å². The van der Waals surface area contributed by atoms with Gasteiger partial charge in [-0.25, -0.2) is 0 Å². The summed E-state index contributed by atoms with van der Waals surface area (Å²) >= 11 is 1.89. The lowest BCUT2D eigenvalue weighted by molar-refractivity contribution is 0.587. The van der Waals surface area contributed by atoms with E-state index in [2.05, 4.69) is 199 Å². The molecular weight excluding hydrogens is 671 g/mol. The van der Waals surface area contributed by atoms with E-state index in [0.29, 0.717) is 0 Å². The summed E-state index contributed by atoms with van der Waals surface area (Å²) in [5, 5.41) is 2.66. The fraction of sp³-hybridized carbons (Fsp3) is 0.192. The Morgan fingerprint density at radius 2 is 0.981 bits per heavy atom.